The molecule has 0 aromatic carbocycles. The molecule has 3 aliphatic heterocycles. The van der Waals surface area contributed by atoms with Crippen molar-refractivity contribution in [2.24, 2.45) is 68.0 Å². The lowest BCUT2D eigenvalue weighted by molar-refractivity contribution is -0.213. The Morgan fingerprint density at radius 2 is 0.876 bits per heavy atom. The monoisotopic (exact) mass is 1240 g/mol. The van der Waals surface area contributed by atoms with Crippen LogP contribution in [0.2, 0.25) is 0 Å². The van der Waals surface area contributed by atoms with Gasteiger partial charge >= 0.3 is 47.8 Å². The minimum absolute atomic E-state index is 0.224. The van der Waals surface area contributed by atoms with Gasteiger partial charge in [-0.05, 0) is 111 Å². The average molecular weight is 1240 g/mol. The van der Waals surface area contributed by atoms with Gasteiger partial charge < -0.3 is 66.5 Å². The van der Waals surface area contributed by atoms with E-state index in [-0.39, 0.29) is 35.7 Å². The lowest BCUT2D eigenvalue weighted by Gasteiger charge is -2.61. The van der Waals surface area contributed by atoms with Crippen LogP contribution in [0.25, 0.3) is 0 Å². The van der Waals surface area contributed by atoms with Crippen LogP contribution in [0.1, 0.15) is 155 Å². The second kappa shape index (κ2) is 24.1. The molecule has 3 saturated carbocycles. The molecule has 22 heteroatoms. The Morgan fingerprint density at radius 3 is 1.27 bits per heavy atom. The van der Waals surface area contributed by atoms with E-state index in [2.05, 4.69) is 6.92 Å². The maximum atomic E-state index is 13.1. The molecule has 3 N–H and O–H groups in total. The van der Waals surface area contributed by atoms with Gasteiger partial charge in [0.1, 0.15) is 36.6 Å². The molecule has 12 rings (SSSR count). The van der Waals surface area contributed by atoms with Crippen molar-refractivity contribution < 1.29 is 105 Å². The highest BCUT2D eigenvalue weighted by molar-refractivity contribution is 5.92. The van der Waals surface area contributed by atoms with Crippen LogP contribution in [-0.2, 0) is 76.3 Å². The zero-order chi connectivity index (χ0) is 64.5. The van der Waals surface area contributed by atoms with Crippen molar-refractivity contribution in [3.8, 4) is 0 Å². The fraction of sp³-hybridized carbons (Fsp3) is 0.612. The molecular formula is C67H82O22. The van der Waals surface area contributed by atoms with Gasteiger partial charge in [0.25, 0.3) is 0 Å². The van der Waals surface area contributed by atoms with Crippen LogP contribution < -0.4 is 0 Å². The van der Waals surface area contributed by atoms with Crippen molar-refractivity contribution in [2.75, 3.05) is 21.3 Å². The molecule has 6 aliphatic carbocycles. The summed E-state index contributed by atoms with van der Waals surface area (Å²) in [5.41, 5.74) is -0.299. The highest BCUT2D eigenvalue weighted by atomic mass is 16.6. The van der Waals surface area contributed by atoms with Crippen LogP contribution in [-0.4, -0.2) is 115 Å². The summed E-state index contributed by atoms with van der Waals surface area (Å²) in [4.78, 5) is 100. The van der Waals surface area contributed by atoms with Crippen LogP contribution in [0.15, 0.2) is 104 Å². The van der Waals surface area contributed by atoms with Crippen molar-refractivity contribution in [3.05, 3.63) is 107 Å². The number of hydrogen-bond acceptors (Lipinski definition) is 22. The summed E-state index contributed by atoms with van der Waals surface area (Å²) >= 11 is 0. The van der Waals surface area contributed by atoms with Gasteiger partial charge in [-0.2, -0.15) is 0 Å². The second-order valence-corrected chi connectivity index (χ2v) is 27.2. The fourth-order valence-corrected chi connectivity index (χ4v) is 18.6. The van der Waals surface area contributed by atoms with Gasteiger partial charge in [-0.25, -0.2) is 14.4 Å². The number of methoxy groups -OCH3 is 3. The third-order valence-electron chi connectivity index (χ3n) is 22.3. The third-order valence-corrected chi connectivity index (χ3v) is 22.3. The maximum absolute atomic E-state index is 13.1. The summed E-state index contributed by atoms with van der Waals surface area (Å²) < 4.78 is 58.8. The first-order valence-electron chi connectivity index (χ1n) is 30.5. The predicted octanol–water partition coefficient (Wildman–Crippen LogP) is 8.59. The molecule has 0 spiro atoms. The Labute approximate surface area is 515 Å². The molecule has 89 heavy (non-hydrogen) atoms. The number of furan rings is 3. The number of hydrogen-bond donors (Lipinski definition) is 3. The van der Waals surface area contributed by atoms with Gasteiger partial charge in [-0.15, -0.1) is 0 Å². The van der Waals surface area contributed by atoms with E-state index in [0.29, 0.717) is 80.9 Å². The number of carbonyl (C=O) groups excluding carboxylic acids is 8. The van der Waals surface area contributed by atoms with Crippen molar-refractivity contribution in [1.82, 2.24) is 0 Å². The summed E-state index contributed by atoms with van der Waals surface area (Å²) in [6, 6.07) is 5.31. The first kappa shape index (κ1) is 64.7. The van der Waals surface area contributed by atoms with Gasteiger partial charge in [0.15, 0.2) is 0 Å². The molecule has 0 radical (unpaired) electrons. The van der Waals surface area contributed by atoms with Crippen molar-refractivity contribution >= 4 is 47.8 Å². The molecule has 3 aromatic heterocycles. The highest BCUT2D eigenvalue weighted by Gasteiger charge is 2.69. The quantitative estimate of drug-likeness (QED) is 0.140. The minimum Gasteiger partial charge on any atom is -0.472 e. The van der Waals surface area contributed by atoms with Gasteiger partial charge in [-0.1, -0.05) is 47.6 Å². The first-order chi connectivity index (χ1) is 42.0. The normalized spacial score (nSPS) is 39.9. The molecular weight excluding hydrogens is 1160 g/mol. The Morgan fingerprint density at radius 1 is 0.506 bits per heavy atom. The highest BCUT2D eigenvalue weighted by Crippen LogP contribution is 2.68. The average Bonchev–Trinajstić information content (AvgIpc) is 1.20. The number of cyclic esters (lactones) is 3. The molecule has 20 atom stereocenters. The number of carbonyl (C=O) groups is 8. The maximum Gasteiger partial charge on any atom is 0.334 e. The summed E-state index contributed by atoms with van der Waals surface area (Å²) in [5, 5.41) is 33.3. The SMILES string of the molecule is COC(=O)C1=CC[C@H](O)C2[C@@]1(C)CC[C@@H]1C(=O)O[C@H](c3ccoc3)C[C@]21C.COC(=O)C1=C[C@H](O)[C@H](OC(C)=O)C2[C@@]1(C)CC[C@@H]1C(=O)O[C@H](c3ccoc3)C[C@]21C.COC(=O)C1=C[C@H](OC(C)=O)[C@H](O)C2[C@@]1(C)CC[C@@H]1C(=O)O[C@H](c3ccoc3)C[C@]21C. The largest absolute Gasteiger partial charge is 0.472 e. The van der Waals surface area contributed by atoms with Crippen molar-refractivity contribution in [1.29, 1.82) is 0 Å². The van der Waals surface area contributed by atoms with Crippen LogP contribution >= 0.6 is 0 Å². The molecule has 3 saturated heterocycles. The molecule has 482 valence electrons. The Kier molecular flexibility index (Phi) is 17.5. The lowest BCUT2D eigenvalue weighted by Crippen LogP contribution is -2.63. The van der Waals surface area contributed by atoms with E-state index in [1.807, 2.05) is 40.7 Å². The molecule has 3 unspecified atom stereocenters. The fourth-order valence-electron chi connectivity index (χ4n) is 18.6. The molecule has 3 aromatic rings. The number of rotatable bonds is 8. The van der Waals surface area contributed by atoms with E-state index in [1.54, 1.807) is 43.3 Å². The molecule has 6 fully saturated rings. The summed E-state index contributed by atoms with van der Waals surface area (Å²) in [5.74, 6) is -5.82. The standard InChI is InChI=1S/2C23H28O8.C21H26O6/c1-12(24)30-16-9-15(20(26)28-4)22(2)7-5-14-21(27)31-17(13-6-8-29-11-13)10-23(14,3)19(22)18(16)25;1-12(24)30-18-16(25)9-15(20(26)28-4)22(2)7-5-14-21(27)31-17(13-6-8-29-11-13)10-23(14,3)19(18)22;1-20-8-6-14-19(24)27-16(12-7-9-26-11-12)10-21(14,2)17(20)15(22)5-4-13(20)18(23)25-3/h2*6,8-9,11,14,16-19,25H,5,7,10H2,1-4H3;4,7,9,11,14-17,22H,5-6,8,10H2,1-3H3/t2*14-,16+,17+,18+,19?,22+,23+;14-,15+,16+,17?,20+,21+/m111/s1. The summed E-state index contributed by atoms with van der Waals surface area (Å²) in [6.45, 7) is 14.4. The number of esters is 8. The van der Waals surface area contributed by atoms with Crippen LogP contribution in [0.5, 0.6) is 0 Å². The molecule has 6 heterocycles. The third kappa shape index (κ3) is 10.9. The van der Waals surface area contributed by atoms with E-state index >= 15 is 0 Å². The zero-order valence-corrected chi connectivity index (χ0v) is 52.2. The number of fused-ring (bicyclic) bond motifs is 9. The van der Waals surface area contributed by atoms with Gasteiger partial charge in [0, 0.05) is 81.3 Å². The smallest absolute Gasteiger partial charge is 0.334 e. The van der Waals surface area contributed by atoms with Crippen molar-refractivity contribution in [3.63, 3.8) is 0 Å². The molecule has 0 amide bonds. The van der Waals surface area contributed by atoms with E-state index in [4.69, 9.17) is 51.1 Å². The van der Waals surface area contributed by atoms with E-state index in [0.717, 1.165) is 16.7 Å². The van der Waals surface area contributed by atoms with Gasteiger partial charge in [0.05, 0.1) is 88.9 Å². The topological polar surface area (TPSA) is 311 Å². The predicted molar refractivity (Wildman–Crippen MR) is 308 cm³/mol. The van der Waals surface area contributed by atoms with Gasteiger partial charge in [0.2, 0.25) is 0 Å². The zero-order valence-electron chi connectivity index (χ0n) is 52.2. The number of ether oxygens (including phenoxy) is 8. The molecule has 0 bridgehead atoms. The van der Waals surface area contributed by atoms with E-state index in [9.17, 15) is 53.7 Å². The van der Waals surface area contributed by atoms with Crippen LogP contribution in [0.4, 0.5) is 0 Å². The van der Waals surface area contributed by atoms with Crippen molar-refractivity contribution in [2.45, 2.75) is 168 Å². The summed E-state index contributed by atoms with van der Waals surface area (Å²) in [6.07, 6.45) is 12.9. The molecule has 9 aliphatic rings. The second-order valence-electron chi connectivity index (χ2n) is 27.2. The lowest BCUT2D eigenvalue weighted by atomic mass is 9.44. The van der Waals surface area contributed by atoms with Gasteiger partial charge in [-0.3, -0.25) is 24.0 Å². The summed E-state index contributed by atoms with van der Waals surface area (Å²) in [7, 11) is 3.98. The number of aliphatic hydroxyl groups is 3. The Balaban J connectivity index is 0.000000148. The van der Waals surface area contributed by atoms with E-state index < -0.39 is 129 Å². The first-order valence-corrected chi connectivity index (χ1v) is 30.5. The van der Waals surface area contributed by atoms with Crippen LogP contribution in [0, 0.1) is 68.0 Å². The molecule has 22 nitrogen and oxygen atoms in total. The van der Waals surface area contributed by atoms with Crippen LogP contribution in [0.3, 0.4) is 0 Å². The Hall–Kier alpha value is -7.30. The minimum atomic E-state index is -1.20. The number of aliphatic hydroxyl groups excluding tert-OH is 3. The Bertz CT molecular complexity index is 3300. The van der Waals surface area contributed by atoms with E-state index in [1.165, 1.54) is 59.9 Å².